The monoisotopic (exact) mass is 547 g/mol. The predicted molar refractivity (Wildman–Crippen MR) is 144 cm³/mol. The summed E-state index contributed by atoms with van der Waals surface area (Å²) in [6.45, 7) is 8.02. The van der Waals surface area contributed by atoms with Crippen LogP contribution in [0.1, 0.15) is 70.0 Å². The molecule has 2 aromatic rings. The average Bonchev–Trinajstić information content (AvgIpc) is 3.20. The summed E-state index contributed by atoms with van der Waals surface area (Å²) in [5.41, 5.74) is 1.08. The Bertz CT molecular complexity index is 1140. The zero-order valence-electron chi connectivity index (χ0n) is 22.0. The van der Waals surface area contributed by atoms with Gasteiger partial charge >= 0.3 is 5.97 Å². The van der Waals surface area contributed by atoms with Crippen molar-refractivity contribution in [3.63, 3.8) is 0 Å². The third kappa shape index (κ3) is 5.83. The maximum Gasteiger partial charge on any atom is 0.328 e. The van der Waals surface area contributed by atoms with E-state index in [1.807, 2.05) is 76.2 Å². The molecule has 200 valence electrons. The van der Waals surface area contributed by atoms with Gasteiger partial charge in [0.15, 0.2) is 5.79 Å². The van der Waals surface area contributed by atoms with Crippen LogP contribution in [0.2, 0.25) is 10.0 Å². The molecule has 0 bridgehead atoms. The molecular weight excluding hydrogens is 513 g/mol. The van der Waals surface area contributed by atoms with Crippen LogP contribution in [0.4, 0.5) is 0 Å². The lowest BCUT2D eigenvalue weighted by Crippen LogP contribution is -2.58. The minimum absolute atomic E-state index is 0.101. The Labute approximate surface area is 229 Å². The van der Waals surface area contributed by atoms with Gasteiger partial charge in [-0.15, -0.1) is 0 Å². The minimum atomic E-state index is -0.814. The van der Waals surface area contributed by atoms with E-state index in [-0.39, 0.29) is 17.9 Å². The molecule has 8 heteroatoms. The number of rotatable bonds is 7. The highest BCUT2D eigenvalue weighted by Crippen LogP contribution is 2.53. The summed E-state index contributed by atoms with van der Waals surface area (Å²) < 4.78 is 17.1. The average molecular weight is 549 g/mol. The molecule has 2 saturated heterocycles. The summed E-state index contributed by atoms with van der Waals surface area (Å²) >= 11 is 12.7. The van der Waals surface area contributed by atoms with Gasteiger partial charge in [0.2, 0.25) is 5.91 Å². The fraction of sp³-hybridized carbons (Fsp3) is 0.517. The largest absolute Gasteiger partial charge is 0.467 e. The van der Waals surface area contributed by atoms with E-state index in [1.54, 1.807) is 4.90 Å². The Morgan fingerprint density at radius 1 is 1.11 bits per heavy atom. The van der Waals surface area contributed by atoms with Gasteiger partial charge in [0.25, 0.3) is 0 Å². The molecular formula is C29H35Cl2NO5. The molecule has 2 aromatic carbocycles. The van der Waals surface area contributed by atoms with Crippen LogP contribution in [-0.2, 0) is 23.8 Å². The molecule has 0 saturated carbocycles. The number of carbonyl (C=O) groups is 2. The van der Waals surface area contributed by atoms with Gasteiger partial charge in [-0.25, -0.2) is 4.79 Å². The van der Waals surface area contributed by atoms with Crippen molar-refractivity contribution >= 4 is 35.1 Å². The first-order valence-electron chi connectivity index (χ1n) is 12.7. The minimum Gasteiger partial charge on any atom is -0.467 e. The van der Waals surface area contributed by atoms with Crippen LogP contribution >= 0.6 is 23.2 Å². The summed E-state index contributed by atoms with van der Waals surface area (Å²) in [5.74, 6) is -1.38. The number of hydrogen-bond acceptors (Lipinski definition) is 5. The van der Waals surface area contributed by atoms with Gasteiger partial charge < -0.3 is 19.1 Å². The predicted octanol–water partition coefficient (Wildman–Crippen LogP) is 6.55. The smallest absolute Gasteiger partial charge is 0.328 e. The van der Waals surface area contributed by atoms with Crippen molar-refractivity contribution in [3.8, 4) is 0 Å². The number of amides is 1. The summed E-state index contributed by atoms with van der Waals surface area (Å²) in [6.07, 6.45) is 1.19. The molecule has 1 amide bonds. The van der Waals surface area contributed by atoms with Crippen molar-refractivity contribution in [2.24, 2.45) is 5.41 Å². The summed E-state index contributed by atoms with van der Waals surface area (Å²) in [4.78, 5) is 29.3. The van der Waals surface area contributed by atoms with Gasteiger partial charge in [-0.1, -0.05) is 61.3 Å². The Kier molecular flexibility index (Phi) is 8.25. The molecule has 0 aromatic heterocycles. The molecule has 37 heavy (non-hydrogen) atoms. The van der Waals surface area contributed by atoms with E-state index in [4.69, 9.17) is 37.4 Å². The number of piperidine rings is 1. The normalized spacial score (nSPS) is 28.2. The Hall–Kier alpha value is -2.12. The third-order valence-electron chi connectivity index (χ3n) is 7.53. The lowest BCUT2D eigenvalue weighted by molar-refractivity contribution is -0.169. The van der Waals surface area contributed by atoms with Crippen LogP contribution in [-0.4, -0.2) is 48.4 Å². The highest BCUT2D eigenvalue weighted by Gasteiger charge is 2.54. The van der Waals surface area contributed by atoms with Crippen molar-refractivity contribution in [2.45, 2.75) is 76.9 Å². The number of nitrogens with zero attached hydrogens (tertiary/aromatic N) is 1. The van der Waals surface area contributed by atoms with Gasteiger partial charge in [0, 0.05) is 21.4 Å². The van der Waals surface area contributed by atoms with Gasteiger partial charge in [0.05, 0.1) is 25.9 Å². The number of carbonyl (C=O) groups excluding carboxylic acids is 2. The SMILES string of the molecule is CCC(C(=O)OC)N1C(=O)[C@@](C)(CC2COC(C)(C)O2)C[C@H](c2cccc(Cl)c2)[C@H]1c1ccc(Cl)cc1. The van der Waals surface area contributed by atoms with E-state index in [0.717, 1.165) is 11.1 Å². The second-order valence-corrected chi connectivity index (χ2v) is 11.6. The highest BCUT2D eigenvalue weighted by atomic mass is 35.5. The first-order chi connectivity index (χ1) is 17.5. The topological polar surface area (TPSA) is 65.1 Å². The molecule has 5 atom stereocenters. The quantitative estimate of drug-likeness (QED) is 0.367. The molecule has 2 aliphatic rings. The maximum atomic E-state index is 14.5. The van der Waals surface area contributed by atoms with Crippen molar-refractivity contribution in [1.29, 1.82) is 0 Å². The van der Waals surface area contributed by atoms with E-state index >= 15 is 0 Å². The van der Waals surface area contributed by atoms with Crippen molar-refractivity contribution in [1.82, 2.24) is 4.90 Å². The molecule has 2 unspecified atom stereocenters. The molecule has 0 aliphatic carbocycles. The summed E-state index contributed by atoms with van der Waals surface area (Å²) in [6, 6.07) is 14.0. The Morgan fingerprint density at radius 2 is 1.81 bits per heavy atom. The zero-order valence-corrected chi connectivity index (χ0v) is 23.5. The fourth-order valence-electron chi connectivity index (χ4n) is 5.89. The molecule has 0 spiro atoms. The number of halogens is 2. The zero-order chi connectivity index (χ0) is 27.0. The Balaban J connectivity index is 1.86. The number of methoxy groups -OCH3 is 1. The van der Waals surface area contributed by atoms with Crippen LogP contribution in [0, 0.1) is 5.41 Å². The molecule has 6 nitrogen and oxygen atoms in total. The molecule has 0 N–H and O–H groups in total. The van der Waals surface area contributed by atoms with Crippen molar-refractivity contribution in [3.05, 3.63) is 69.7 Å². The first-order valence-corrected chi connectivity index (χ1v) is 13.5. The van der Waals surface area contributed by atoms with Gasteiger partial charge in [-0.05, 0) is 68.5 Å². The maximum absolute atomic E-state index is 14.5. The van der Waals surface area contributed by atoms with E-state index in [1.165, 1.54) is 7.11 Å². The molecule has 2 heterocycles. The molecule has 0 radical (unpaired) electrons. The van der Waals surface area contributed by atoms with E-state index < -0.39 is 29.3 Å². The van der Waals surface area contributed by atoms with Crippen LogP contribution < -0.4 is 0 Å². The van der Waals surface area contributed by atoms with Crippen molar-refractivity contribution < 1.29 is 23.8 Å². The lowest BCUT2D eigenvalue weighted by atomic mass is 9.66. The molecule has 4 rings (SSSR count). The first kappa shape index (κ1) is 27.9. The van der Waals surface area contributed by atoms with E-state index in [0.29, 0.717) is 35.9 Å². The standard InChI is InChI=1S/C29H35Cl2NO5/c1-6-24(26(33)35-5)32-25(18-10-12-20(30)13-11-18)23(19-8-7-9-21(31)14-19)16-29(4,27(32)34)15-22-17-36-28(2,3)37-22/h7-14,22-25H,6,15-17H2,1-5H3/t22?,23-,24?,25-,29+/m1/s1. The van der Waals surface area contributed by atoms with Crippen LogP contribution in [0.25, 0.3) is 0 Å². The number of esters is 1. The van der Waals surface area contributed by atoms with Gasteiger partial charge in [-0.3, -0.25) is 4.79 Å². The highest BCUT2D eigenvalue weighted by molar-refractivity contribution is 6.30. The van der Waals surface area contributed by atoms with Crippen LogP contribution in [0.3, 0.4) is 0 Å². The number of hydrogen-bond donors (Lipinski definition) is 0. The number of likely N-dealkylation sites (tertiary alicyclic amines) is 1. The van der Waals surface area contributed by atoms with Crippen LogP contribution in [0.5, 0.6) is 0 Å². The number of benzene rings is 2. The van der Waals surface area contributed by atoms with Gasteiger partial charge in [-0.2, -0.15) is 0 Å². The summed E-state index contributed by atoms with van der Waals surface area (Å²) in [7, 11) is 1.36. The third-order valence-corrected chi connectivity index (χ3v) is 8.02. The van der Waals surface area contributed by atoms with E-state index in [9.17, 15) is 9.59 Å². The van der Waals surface area contributed by atoms with Gasteiger partial charge in [0.1, 0.15) is 6.04 Å². The Morgan fingerprint density at radius 3 is 2.38 bits per heavy atom. The van der Waals surface area contributed by atoms with E-state index in [2.05, 4.69) is 0 Å². The van der Waals surface area contributed by atoms with Crippen LogP contribution in [0.15, 0.2) is 48.5 Å². The molecule has 2 aliphatic heterocycles. The summed E-state index contributed by atoms with van der Waals surface area (Å²) in [5, 5.41) is 1.22. The second kappa shape index (κ2) is 10.9. The fourth-order valence-corrected chi connectivity index (χ4v) is 6.22. The number of ether oxygens (including phenoxy) is 3. The lowest BCUT2D eigenvalue weighted by Gasteiger charge is -2.51. The van der Waals surface area contributed by atoms with Crippen molar-refractivity contribution in [2.75, 3.05) is 13.7 Å². The second-order valence-electron chi connectivity index (χ2n) is 10.7. The molecule has 2 fully saturated rings.